The van der Waals surface area contributed by atoms with Gasteiger partial charge in [-0.15, -0.1) is 11.3 Å². The lowest BCUT2D eigenvalue weighted by molar-refractivity contribution is 0.0595. The summed E-state index contributed by atoms with van der Waals surface area (Å²) in [4.78, 5) is 12.3. The van der Waals surface area contributed by atoms with E-state index in [-0.39, 0.29) is 17.3 Å². The van der Waals surface area contributed by atoms with Crippen LogP contribution < -0.4 is 5.32 Å². The van der Waals surface area contributed by atoms with E-state index in [2.05, 4.69) is 10.1 Å². The van der Waals surface area contributed by atoms with Crippen LogP contribution in [0.2, 0.25) is 4.34 Å². The quantitative estimate of drug-likeness (QED) is 0.829. The molecule has 0 saturated carbocycles. The van der Waals surface area contributed by atoms with E-state index < -0.39 is 17.6 Å². The zero-order valence-electron chi connectivity index (χ0n) is 11.2. The third kappa shape index (κ3) is 3.51. The van der Waals surface area contributed by atoms with Crippen molar-refractivity contribution in [2.45, 2.75) is 13.0 Å². The van der Waals surface area contributed by atoms with Gasteiger partial charge >= 0.3 is 5.97 Å². The van der Waals surface area contributed by atoms with E-state index in [4.69, 9.17) is 11.6 Å². The van der Waals surface area contributed by atoms with E-state index in [1.54, 1.807) is 6.07 Å². The van der Waals surface area contributed by atoms with Crippen LogP contribution in [-0.2, 0) is 4.74 Å². The van der Waals surface area contributed by atoms with Gasteiger partial charge in [-0.05, 0) is 25.1 Å². The zero-order chi connectivity index (χ0) is 15.6. The summed E-state index contributed by atoms with van der Waals surface area (Å²) >= 11 is 7.20. The Morgan fingerprint density at radius 2 is 2.05 bits per heavy atom. The molecule has 0 aliphatic heterocycles. The second-order valence-corrected chi connectivity index (χ2v) is 6.06. The predicted molar refractivity (Wildman–Crippen MR) is 79.1 cm³/mol. The molecule has 0 bridgehead atoms. The number of hydrogen-bond acceptors (Lipinski definition) is 4. The summed E-state index contributed by atoms with van der Waals surface area (Å²) in [6.07, 6.45) is 0. The smallest absolute Gasteiger partial charge is 0.340 e. The van der Waals surface area contributed by atoms with Gasteiger partial charge in [0.2, 0.25) is 0 Å². The van der Waals surface area contributed by atoms with Crippen LogP contribution in [0, 0.1) is 11.6 Å². The van der Waals surface area contributed by atoms with Crippen molar-refractivity contribution in [3.05, 3.63) is 50.7 Å². The highest BCUT2D eigenvalue weighted by atomic mass is 35.5. The van der Waals surface area contributed by atoms with Gasteiger partial charge < -0.3 is 10.1 Å². The molecule has 7 heteroatoms. The van der Waals surface area contributed by atoms with Gasteiger partial charge in [-0.25, -0.2) is 13.6 Å². The molecular weight excluding hydrogens is 320 g/mol. The molecule has 0 aliphatic rings. The summed E-state index contributed by atoms with van der Waals surface area (Å²) in [7, 11) is 1.13. The number of hydrogen-bond donors (Lipinski definition) is 1. The number of halogens is 3. The first-order valence-electron chi connectivity index (χ1n) is 6.01. The summed E-state index contributed by atoms with van der Waals surface area (Å²) in [5.41, 5.74) is -0.299. The van der Waals surface area contributed by atoms with E-state index in [9.17, 15) is 13.6 Å². The van der Waals surface area contributed by atoms with Crippen molar-refractivity contribution in [3.63, 3.8) is 0 Å². The SMILES string of the molecule is COC(=O)c1cc(NC(C)c2ccc(Cl)s2)c(F)cc1F. The maximum absolute atomic E-state index is 13.8. The normalized spacial score (nSPS) is 12.0. The van der Waals surface area contributed by atoms with Crippen molar-refractivity contribution >= 4 is 34.6 Å². The predicted octanol–water partition coefficient (Wildman–Crippen LogP) is 4.64. The summed E-state index contributed by atoms with van der Waals surface area (Å²) in [5, 5.41) is 2.89. The molecule has 0 aliphatic carbocycles. The first kappa shape index (κ1) is 15.7. The fourth-order valence-corrected chi connectivity index (χ4v) is 2.85. The largest absolute Gasteiger partial charge is 0.465 e. The average molecular weight is 332 g/mol. The number of anilines is 1. The highest BCUT2D eigenvalue weighted by molar-refractivity contribution is 7.16. The van der Waals surface area contributed by atoms with Crippen LogP contribution in [0.4, 0.5) is 14.5 Å². The number of methoxy groups -OCH3 is 1. The molecule has 0 radical (unpaired) electrons. The Hall–Kier alpha value is -1.66. The van der Waals surface area contributed by atoms with Crippen LogP contribution in [0.25, 0.3) is 0 Å². The van der Waals surface area contributed by atoms with E-state index in [0.29, 0.717) is 10.4 Å². The van der Waals surface area contributed by atoms with Gasteiger partial charge in [0.25, 0.3) is 0 Å². The number of carbonyl (C=O) groups is 1. The minimum absolute atomic E-state index is 0.0221. The van der Waals surface area contributed by atoms with E-state index in [0.717, 1.165) is 18.1 Å². The lowest BCUT2D eigenvalue weighted by Crippen LogP contribution is -2.10. The van der Waals surface area contributed by atoms with Gasteiger partial charge in [-0.1, -0.05) is 11.6 Å². The van der Waals surface area contributed by atoms with Crippen LogP contribution in [0.5, 0.6) is 0 Å². The fraction of sp³-hybridized carbons (Fsp3) is 0.214. The van der Waals surface area contributed by atoms with E-state index >= 15 is 0 Å². The van der Waals surface area contributed by atoms with Crippen LogP contribution in [-0.4, -0.2) is 13.1 Å². The second-order valence-electron chi connectivity index (χ2n) is 4.31. The molecule has 3 nitrogen and oxygen atoms in total. The Bertz CT molecular complexity index is 675. The molecule has 1 aromatic heterocycles. The standard InChI is InChI=1S/C14H12ClF2NO2S/c1-7(12-3-4-13(15)21-12)18-11-5-8(14(19)20-2)9(16)6-10(11)17/h3-7,18H,1-2H3. The Morgan fingerprint density at radius 3 is 2.62 bits per heavy atom. The molecule has 0 spiro atoms. The molecule has 112 valence electrons. The van der Waals surface area contributed by atoms with Crippen molar-refractivity contribution in [1.29, 1.82) is 0 Å². The average Bonchev–Trinajstić information content (AvgIpc) is 2.87. The van der Waals surface area contributed by atoms with Gasteiger partial charge in [-0.3, -0.25) is 0 Å². The molecule has 0 amide bonds. The zero-order valence-corrected chi connectivity index (χ0v) is 12.8. The molecule has 1 unspecified atom stereocenters. The summed E-state index contributed by atoms with van der Waals surface area (Å²) < 4.78 is 32.4. The third-order valence-electron chi connectivity index (χ3n) is 2.85. The lowest BCUT2D eigenvalue weighted by Gasteiger charge is -2.15. The highest BCUT2D eigenvalue weighted by Gasteiger charge is 2.18. The molecule has 2 aromatic rings. The highest BCUT2D eigenvalue weighted by Crippen LogP contribution is 2.30. The molecule has 2 rings (SSSR count). The number of thiophene rings is 1. The minimum atomic E-state index is -0.961. The number of carbonyl (C=O) groups excluding carboxylic acids is 1. The number of esters is 1. The number of benzene rings is 1. The van der Waals surface area contributed by atoms with Gasteiger partial charge in [0.15, 0.2) is 0 Å². The maximum atomic E-state index is 13.8. The van der Waals surface area contributed by atoms with Crippen LogP contribution >= 0.6 is 22.9 Å². The topological polar surface area (TPSA) is 38.3 Å². The van der Waals surface area contributed by atoms with Crippen LogP contribution in [0.15, 0.2) is 24.3 Å². The van der Waals surface area contributed by atoms with Crippen molar-refractivity contribution in [1.82, 2.24) is 0 Å². The molecule has 1 aromatic carbocycles. The van der Waals surface area contributed by atoms with Gasteiger partial charge in [-0.2, -0.15) is 0 Å². The maximum Gasteiger partial charge on any atom is 0.340 e. The monoisotopic (exact) mass is 331 g/mol. The van der Waals surface area contributed by atoms with Crippen molar-refractivity contribution in [3.8, 4) is 0 Å². The van der Waals surface area contributed by atoms with Crippen LogP contribution in [0.1, 0.15) is 28.2 Å². The molecule has 1 heterocycles. The number of rotatable bonds is 4. The molecule has 0 saturated heterocycles. The molecule has 1 atom stereocenters. The Kier molecular flexibility index (Phi) is 4.80. The molecule has 21 heavy (non-hydrogen) atoms. The number of ether oxygens (including phenoxy) is 1. The third-order valence-corrected chi connectivity index (χ3v) is 4.27. The molecule has 1 N–H and O–H groups in total. The number of nitrogens with one attached hydrogen (secondary N) is 1. The first-order valence-corrected chi connectivity index (χ1v) is 7.21. The Labute approximate surface area is 129 Å². The Morgan fingerprint density at radius 1 is 1.33 bits per heavy atom. The van der Waals surface area contributed by atoms with Crippen molar-refractivity contribution in [2.75, 3.05) is 12.4 Å². The van der Waals surface area contributed by atoms with Gasteiger partial charge in [0.1, 0.15) is 11.6 Å². The van der Waals surface area contributed by atoms with Gasteiger partial charge in [0.05, 0.1) is 28.7 Å². The van der Waals surface area contributed by atoms with Crippen LogP contribution in [0.3, 0.4) is 0 Å². The van der Waals surface area contributed by atoms with E-state index in [1.165, 1.54) is 11.3 Å². The molecular formula is C14H12ClF2NO2S. The second kappa shape index (κ2) is 6.41. The fourth-order valence-electron chi connectivity index (χ4n) is 1.79. The minimum Gasteiger partial charge on any atom is -0.465 e. The lowest BCUT2D eigenvalue weighted by atomic mass is 10.1. The summed E-state index contributed by atoms with van der Waals surface area (Å²) in [6.45, 7) is 1.81. The summed E-state index contributed by atoms with van der Waals surface area (Å²) in [6, 6.07) is 5.06. The van der Waals surface area contributed by atoms with E-state index in [1.807, 2.05) is 13.0 Å². The summed E-state index contributed by atoms with van der Waals surface area (Å²) in [5.74, 6) is -2.60. The Balaban J connectivity index is 2.29. The van der Waals surface area contributed by atoms with Crippen molar-refractivity contribution in [2.24, 2.45) is 0 Å². The van der Waals surface area contributed by atoms with Gasteiger partial charge in [0, 0.05) is 10.9 Å². The first-order chi connectivity index (χ1) is 9.92. The van der Waals surface area contributed by atoms with Crippen molar-refractivity contribution < 1.29 is 18.3 Å². The molecule has 0 fully saturated rings.